The minimum atomic E-state index is -3.98. The summed E-state index contributed by atoms with van der Waals surface area (Å²) in [7, 11) is 1.30. The SMILES string of the molecule is CCCC1CC1NC(=O)c1cc(S(=O)(=O)Cl)cc(Cl)c1Cl. The molecule has 116 valence electrons. The van der Waals surface area contributed by atoms with Gasteiger partial charge in [0.2, 0.25) is 0 Å². The second-order valence-corrected chi connectivity index (χ2v) is 8.42. The molecule has 0 saturated heterocycles. The molecule has 4 nitrogen and oxygen atoms in total. The van der Waals surface area contributed by atoms with Crippen molar-refractivity contribution in [3.8, 4) is 0 Å². The topological polar surface area (TPSA) is 63.2 Å². The van der Waals surface area contributed by atoms with Gasteiger partial charge in [-0.3, -0.25) is 4.79 Å². The normalized spacial score (nSPS) is 21.1. The van der Waals surface area contributed by atoms with Gasteiger partial charge in [-0.15, -0.1) is 0 Å². The second-order valence-electron chi connectivity index (χ2n) is 5.07. The molecule has 2 atom stereocenters. The largest absolute Gasteiger partial charge is 0.349 e. The third-order valence-corrected chi connectivity index (χ3v) is 5.56. The first-order valence-electron chi connectivity index (χ1n) is 6.48. The fourth-order valence-corrected chi connectivity index (χ4v) is 3.49. The predicted molar refractivity (Wildman–Crippen MR) is 83.8 cm³/mol. The Balaban J connectivity index is 2.23. The van der Waals surface area contributed by atoms with Gasteiger partial charge in [-0.25, -0.2) is 8.42 Å². The van der Waals surface area contributed by atoms with Gasteiger partial charge in [0.15, 0.2) is 0 Å². The summed E-state index contributed by atoms with van der Waals surface area (Å²) >= 11 is 11.8. The number of halogens is 3. The molecule has 21 heavy (non-hydrogen) atoms. The molecule has 1 aromatic rings. The lowest BCUT2D eigenvalue weighted by molar-refractivity contribution is 0.0948. The van der Waals surface area contributed by atoms with Crippen LogP contribution in [0.4, 0.5) is 0 Å². The van der Waals surface area contributed by atoms with E-state index in [4.69, 9.17) is 33.9 Å². The van der Waals surface area contributed by atoms with E-state index in [0.29, 0.717) is 5.92 Å². The van der Waals surface area contributed by atoms with E-state index in [0.717, 1.165) is 31.4 Å². The maximum Gasteiger partial charge on any atom is 0.261 e. The molecule has 0 bridgehead atoms. The van der Waals surface area contributed by atoms with Crippen molar-refractivity contribution >= 4 is 48.8 Å². The van der Waals surface area contributed by atoms with Gasteiger partial charge in [0, 0.05) is 16.7 Å². The third kappa shape index (κ3) is 4.03. The summed E-state index contributed by atoms with van der Waals surface area (Å²) in [6.45, 7) is 2.09. The average molecular weight is 371 g/mol. The zero-order valence-corrected chi connectivity index (χ0v) is 14.3. The van der Waals surface area contributed by atoms with Crippen LogP contribution in [0.25, 0.3) is 0 Å². The highest BCUT2D eigenvalue weighted by Gasteiger charge is 2.37. The number of carbonyl (C=O) groups excluding carboxylic acids is 1. The highest BCUT2D eigenvalue weighted by atomic mass is 35.7. The van der Waals surface area contributed by atoms with E-state index in [2.05, 4.69) is 12.2 Å². The standard InChI is InChI=1S/C13H14Cl3NO3S/c1-2-3-7-4-11(7)17-13(18)9-5-8(21(16,19)20)6-10(14)12(9)15/h5-7,11H,2-4H2,1H3,(H,17,18). The van der Waals surface area contributed by atoms with Crippen molar-refractivity contribution in [1.29, 1.82) is 0 Å². The molecule has 1 aromatic carbocycles. The lowest BCUT2D eigenvalue weighted by Crippen LogP contribution is -2.27. The first-order chi connectivity index (χ1) is 9.74. The molecule has 0 aromatic heterocycles. The van der Waals surface area contributed by atoms with Crippen LogP contribution in [-0.4, -0.2) is 20.4 Å². The summed E-state index contributed by atoms with van der Waals surface area (Å²) in [5.41, 5.74) is 0.0190. The summed E-state index contributed by atoms with van der Waals surface area (Å²) in [6.07, 6.45) is 3.04. The third-order valence-electron chi connectivity index (χ3n) is 3.43. The maximum absolute atomic E-state index is 12.2. The summed E-state index contributed by atoms with van der Waals surface area (Å²) in [6, 6.07) is 2.38. The molecule has 2 rings (SSSR count). The molecule has 2 unspecified atom stereocenters. The van der Waals surface area contributed by atoms with E-state index in [-0.39, 0.29) is 26.5 Å². The van der Waals surface area contributed by atoms with Gasteiger partial charge < -0.3 is 5.32 Å². The minimum Gasteiger partial charge on any atom is -0.349 e. The molecule has 1 N–H and O–H groups in total. The monoisotopic (exact) mass is 369 g/mol. The van der Waals surface area contributed by atoms with Crippen LogP contribution in [-0.2, 0) is 9.05 Å². The smallest absolute Gasteiger partial charge is 0.261 e. The van der Waals surface area contributed by atoms with Gasteiger partial charge in [-0.1, -0.05) is 36.5 Å². The molecule has 8 heteroatoms. The van der Waals surface area contributed by atoms with Crippen LogP contribution in [0, 0.1) is 5.92 Å². The Labute approximate surface area is 138 Å². The molecule has 0 heterocycles. The molecular weight excluding hydrogens is 357 g/mol. The molecule has 1 aliphatic rings. The van der Waals surface area contributed by atoms with Gasteiger partial charge in [0.25, 0.3) is 15.0 Å². The molecule has 1 saturated carbocycles. The van der Waals surface area contributed by atoms with Crippen LogP contribution in [0.2, 0.25) is 10.0 Å². The van der Waals surface area contributed by atoms with Gasteiger partial charge in [-0.2, -0.15) is 0 Å². The number of hydrogen-bond acceptors (Lipinski definition) is 3. The lowest BCUT2D eigenvalue weighted by Gasteiger charge is -2.09. The Morgan fingerprint density at radius 3 is 2.62 bits per heavy atom. The van der Waals surface area contributed by atoms with E-state index >= 15 is 0 Å². The van der Waals surface area contributed by atoms with Crippen molar-refractivity contribution in [2.24, 2.45) is 5.92 Å². The molecule has 0 radical (unpaired) electrons. The highest BCUT2D eigenvalue weighted by Crippen LogP contribution is 2.36. The van der Waals surface area contributed by atoms with Gasteiger partial charge in [0.1, 0.15) is 0 Å². The first-order valence-corrected chi connectivity index (χ1v) is 9.55. The van der Waals surface area contributed by atoms with Crippen LogP contribution in [0.3, 0.4) is 0 Å². The molecule has 0 spiro atoms. The van der Waals surface area contributed by atoms with Crippen molar-refractivity contribution in [2.45, 2.75) is 37.1 Å². The van der Waals surface area contributed by atoms with E-state index in [1.54, 1.807) is 0 Å². The van der Waals surface area contributed by atoms with Crippen LogP contribution >= 0.6 is 33.9 Å². The number of nitrogens with one attached hydrogen (secondary N) is 1. The number of benzene rings is 1. The Kier molecular flexibility index (Phi) is 5.08. The number of amides is 1. The quantitative estimate of drug-likeness (QED) is 0.801. The first kappa shape index (κ1) is 16.9. The number of hydrogen-bond donors (Lipinski definition) is 1. The molecule has 1 amide bonds. The van der Waals surface area contributed by atoms with Crippen LogP contribution in [0.1, 0.15) is 36.5 Å². The fraction of sp³-hybridized carbons (Fsp3) is 0.462. The fourth-order valence-electron chi connectivity index (χ4n) is 2.23. The van der Waals surface area contributed by atoms with E-state index in [9.17, 15) is 13.2 Å². The van der Waals surface area contributed by atoms with Crippen molar-refractivity contribution in [2.75, 3.05) is 0 Å². The minimum absolute atomic E-state index is 0.0190. The average Bonchev–Trinajstić information content (AvgIpc) is 3.09. The Morgan fingerprint density at radius 1 is 1.38 bits per heavy atom. The Hall–Kier alpha value is -0.490. The number of carbonyl (C=O) groups is 1. The van der Waals surface area contributed by atoms with Crippen LogP contribution in [0.15, 0.2) is 17.0 Å². The second kappa shape index (κ2) is 6.32. The van der Waals surface area contributed by atoms with Crippen LogP contribution < -0.4 is 5.32 Å². The van der Waals surface area contributed by atoms with E-state index < -0.39 is 15.0 Å². The van der Waals surface area contributed by atoms with Crippen LogP contribution in [0.5, 0.6) is 0 Å². The number of rotatable bonds is 5. The zero-order valence-electron chi connectivity index (χ0n) is 11.2. The van der Waals surface area contributed by atoms with Crippen molar-refractivity contribution in [3.05, 3.63) is 27.7 Å². The summed E-state index contributed by atoms with van der Waals surface area (Å²) in [4.78, 5) is 12.0. The Bertz CT molecular complexity index is 675. The molecule has 1 fully saturated rings. The highest BCUT2D eigenvalue weighted by molar-refractivity contribution is 8.13. The van der Waals surface area contributed by atoms with Gasteiger partial charge in [-0.05, 0) is 30.9 Å². The van der Waals surface area contributed by atoms with E-state index in [1.807, 2.05) is 0 Å². The van der Waals surface area contributed by atoms with Gasteiger partial charge >= 0.3 is 0 Å². The molecular formula is C13H14Cl3NO3S. The predicted octanol–water partition coefficient (Wildman–Crippen LogP) is 3.84. The lowest BCUT2D eigenvalue weighted by atomic mass is 10.2. The Morgan fingerprint density at radius 2 is 2.05 bits per heavy atom. The summed E-state index contributed by atoms with van der Waals surface area (Å²) in [5.74, 6) is 0.0424. The van der Waals surface area contributed by atoms with E-state index in [1.165, 1.54) is 0 Å². The molecule has 0 aliphatic heterocycles. The summed E-state index contributed by atoms with van der Waals surface area (Å²) < 4.78 is 22.7. The zero-order chi connectivity index (χ0) is 15.8. The van der Waals surface area contributed by atoms with Crippen molar-refractivity contribution in [3.63, 3.8) is 0 Å². The van der Waals surface area contributed by atoms with Crippen molar-refractivity contribution in [1.82, 2.24) is 5.32 Å². The van der Waals surface area contributed by atoms with Gasteiger partial charge in [0.05, 0.1) is 20.5 Å². The maximum atomic E-state index is 12.2. The summed E-state index contributed by atoms with van der Waals surface area (Å²) in [5, 5.41) is 2.83. The molecule has 1 aliphatic carbocycles. The van der Waals surface area contributed by atoms with Crippen molar-refractivity contribution < 1.29 is 13.2 Å².